The molecule has 0 aliphatic rings. The van der Waals surface area contributed by atoms with E-state index in [1.807, 2.05) is 21.6 Å². The predicted octanol–water partition coefficient (Wildman–Crippen LogP) is 1.53. The summed E-state index contributed by atoms with van der Waals surface area (Å²) in [6.45, 7) is 1.76. The van der Waals surface area contributed by atoms with Gasteiger partial charge in [0.05, 0.1) is 0 Å². The highest BCUT2D eigenvalue weighted by Crippen LogP contribution is 2.24. The van der Waals surface area contributed by atoms with Crippen molar-refractivity contribution >= 4 is 0 Å². The normalized spacial score (nSPS) is 12.4. The number of nitrogens with zero attached hydrogens (tertiary/aromatic N) is 7. The second-order valence-electron chi connectivity index (χ2n) is 4.91. The van der Waals surface area contributed by atoms with Crippen molar-refractivity contribution < 1.29 is 0 Å². The fraction of sp³-hybridized carbons (Fsp3) is 0.357. The first-order valence-electron chi connectivity index (χ1n) is 6.96. The van der Waals surface area contributed by atoms with Gasteiger partial charge in [-0.2, -0.15) is 5.10 Å². The summed E-state index contributed by atoms with van der Waals surface area (Å²) in [5, 5.41) is 11.8. The maximum absolute atomic E-state index is 4.16. The molecular formula is C14H17N7. The number of pyridine rings is 1. The van der Waals surface area contributed by atoms with Gasteiger partial charge < -0.3 is 4.57 Å². The topological polar surface area (TPSA) is 74.3 Å². The van der Waals surface area contributed by atoms with Crippen molar-refractivity contribution in [3.8, 4) is 0 Å². The lowest BCUT2D eigenvalue weighted by Gasteiger charge is -2.17. The highest BCUT2D eigenvalue weighted by molar-refractivity contribution is 5.15. The summed E-state index contributed by atoms with van der Waals surface area (Å²) in [7, 11) is 0. The third kappa shape index (κ3) is 3.71. The fourth-order valence-electron chi connectivity index (χ4n) is 2.39. The summed E-state index contributed by atoms with van der Waals surface area (Å²) < 4.78 is 3.87. The molecule has 7 nitrogen and oxygen atoms in total. The third-order valence-electron chi connectivity index (χ3n) is 3.55. The van der Waals surface area contributed by atoms with Crippen LogP contribution in [0.2, 0.25) is 0 Å². The van der Waals surface area contributed by atoms with E-state index < -0.39 is 0 Å². The van der Waals surface area contributed by atoms with Crippen molar-refractivity contribution in [2.75, 3.05) is 0 Å². The average molecular weight is 283 g/mol. The molecule has 0 spiro atoms. The quantitative estimate of drug-likeness (QED) is 0.657. The Balaban J connectivity index is 1.65. The molecule has 0 saturated heterocycles. The van der Waals surface area contributed by atoms with Crippen LogP contribution < -0.4 is 0 Å². The molecule has 108 valence electrons. The predicted molar refractivity (Wildman–Crippen MR) is 76.3 cm³/mol. The molecule has 7 heteroatoms. The zero-order valence-electron chi connectivity index (χ0n) is 11.7. The molecule has 3 aromatic rings. The Morgan fingerprint density at radius 2 is 1.67 bits per heavy atom. The minimum Gasteiger partial charge on any atom is -0.320 e. The highest BCUT2D eigenvalue weighted by Gasteiger charge is 2.12. The summed E-state index contributed by atoms with van der Waals surface area (Å²) >= 11 is 0. The molecule has 21 heavy (non-hydrogen) atoms. The molecule has 0 amide bonds. The molecule has 1 atom stereocenters. The molecule has 0 aliphatic heterocycles. The van der Waals surface area contributed by atoms with E-state index in [1.165, 1.54) is 5.56 Å². The van der Waals surface area contributed by atoms with E-state index in [2.05, 4.69) is 37.4 Å². The maximum Gasteiger partial charge on any atom is 0.137 e. The van der Waals surface area contributed by atoms with Gasteiger partial charge in [0.25, 0.3) is 0 Å². The molecule has 0 bridgehead atoms. The summed E-state index contributed by atoms with van der Waals surface area (Å²) in [5.41, 5.74) is 1.30. The van der Waals surface area contributed by atoms with Crippen molar-refractivity contribution in [3.63, 3.8) is 0 Å². The van der Waals surface area contributed by atoms with Crippen LogP contribution >= 0.6 is 0 Å². The summed E-state index contributed by atoms with van der Waals surface area (Å²) in [6, 6.07) is 4.16. The highest BCUT2D eigenvalue weighted by atomic mass is 15.3. The standard InChI is InChI=1S/C14H17N7/c1-5-15-6-2-13(1)14(3-7-20-11-17-18-12-20)4-8-21-10-16-9-19-21/h1-2,5-6,9-12,14H,3-4,7-8H2. The Morgan fingerprint density at radius 1 is 0.905 bits per heavy atom. The van der Waals surface area contributed by atoms with Gasteiger partial charge in [0.1, 0.15) is 25.3 Å². The molecule has 0 radical (unpaired) electrons. The van der Waals surface area contributed by atoms with E-state index in [1.54, 1.807) is 25.3 Å². The van der Waals surface area contributed by atoms with Crippen LogP contribution in [0, 0.1) is 0 Å². The first-order chi connectivity index (χ1) is 10.4. The molecule has 0 N–H and O–H groups in total. The molecule has 0 fully saturated rings. The molecule has 3 aromatic heterocycles. The van der Waals surface area contributed by atoms with Crippen molar-refractivity contribution in [1.29, 1.82) is 0 Å². The lowest BCUT2D eigenvalue weighted by atomic mass is 9.93. The second kappa shape index (κ2) is 6.74. The maximum atomic E-state index is 4.16. The minimum absolute atomic E-state index is 0.444. The summed E-state index contributed by atoms with van der Waals surface area (Å²) in [4.78, 5) is 8.08. The molecule has 0 saturated carbocycles. The first-order valence-corrected chi connectivity index (χ1v) is 6.96. The summed E-state index contributed by atoms with van der Waals surface area (Å²) in [5.74, 6) is 0.444. The van der Waals surface area contributed by atoms with Crippen molar-refractivity contribution in [2.24, 2.45) is 0 Å². The van der Waals surface area contributed by atoms with Gasteiger partial charge in [0.15, 0.2) is 0 Å². The van der Waals surface area contributed by atoms with Crippen molar-refractivity contribution in [3.05, 3.63) is 55.4 Å². The van der Waals surface area contributed by atoms with E-state index >= 15 is 0 Å². The largest absolute Gasteiger partial charge is 0.320 e. The van der Waals surface area contributed by atoms with Gasteiger partial charge in [-0.1, -0.05) is 0 Å². The van der Waals surface area contributed by atoms with E-state index in [9.17, 15) is 0 Å². The fourth-order valence-corrected chi connectivity index (χ4v) is 2.39. The first kappa shape index (κ1) is 13.4. The van der Waals surface area contributed by atoms with Gasteiger partial charge in [-0.3, -0.25) is 9.67 Å². The smallest absolute Gasteiger partial charge is 0.137 e. The van der Waals surface area contributed by atoms with Crippen molar-refractivity contribution in [1.82, 2.24) is 34.5 Å². The van der Waals surface area contributed by atoms with E-state index in [0.717, 1.165) is 25.9 Å². The third-order valence-corrected chi connectivity index (χ3v) is 3.55. The Bertz CT molecular complexity index is 580. The zero-order chi connectivity index (χ0) is 14.3. The van der Waals surface area contributed by atoms with Gasteiger partial charge in [-0.05, 0) is 36.5 Å². The van der Waals surface area contributed by atoms with Crippen LogP contribution in [-0.4, -0.2) is 34.5 Å². The van der Waals surface area contributed by atoms with Crippen LogP contribution in [-0.2, 0) is 13.1 Å². The van der Waals surface area contributed by atoms with Gasteiger partial charge >= 0.3 is 0 Å². The van der Waals surface area contributed by atoms with Crippen LogP contribution in [0.15, 0.2) is 49.8 Å². The van der Waals surface area contributed by atoms with E-state index in [0.29, 0.717) is 5.92 Å². The van der Waals surface area contributed by atoms with Crippen LogP contribution in [0.5, 0.6) is 0 Å². The molecule has 3 rings (SSSR count). The monoisotopic (exact) mass is 283 g/mol. The zero-order valence-corrected chi connectivity index (χ0v) is 11.7. The Labute approximate surface area is 122 Å². The number of rotatable bonds is 7. The lowest BCUT2D eigenvalue weighted by molar-refractivity contribution is 0.465. The number of hydrogen-bond donors (Lipinski definition) is 0. The molecule has 0 aliphatic carbocycles. The number of hydrogen-bond acceptors (Lipinski definition) is 5. The van der Waals surface area contributed by atoms with E-state index in [-0.39, 0.29) is 0 Å². The van der Waals surface area contributed by atoms with Gasteiger partial charge in [0.2, 0.25) is 0 Å². The molecular weight excluding hydrogens is 266 g/mol. The molecule has 0 aromatic carbocycles. The Kier molecular flexibility index (Phi) is 4.30. The lowest BCUT2D eigenvalue weighted by Crippen LogP contribution is -2.09. The minimum atomic E-state index is 0.444. The SMILES string of the molecule is c1cc(C(CCn2cnnc2)CCn2cncn2)ccn1. The van der Waals surface area contributed by atoms with Crippen molar-refractivity contribution in [2.45, 2.75) is 31.8 Å². The van der Waals surface area contributed by atoms with Gasteiger partial charge in [-0.15, -0.1) is 10.2 Å². The van der Waals surface area contributed by atoms with Gasteiger partial charge in [-0.25, -0.2) is 4.98 Å². The van der Waals surface area contributed by atoms with Crippen LogP contribution in [0.4, 0.5) is 0 Å². The molecule has 1 unspecified atom stereocenters. The number of aromatic nitrogens is 7. The Hall–Kier alpha value is -2.57. The Morgan fingerprint density at radius 3 is 2.38 bits per heavy atom. The van der Waals surface area contributed by atoms with Crippen LogP contribution in [0.25, 0.3) is 0 Å². The number of aryl methyl sites for hydroxylation is 2. The molecule has 3 heterocycles. The van der Waals surface area contributed by atoms with Gasteiger partial charge in [0, 0.05) is 25.5 Å². The second-order valence-corrected chi connectivity index (χ2v) is 4.91. The van der Waals surface area contributed by atoms with Crippen LogP contribution in [0.3, 0.4) is 0 Å². The average Bonchev–Trinajstić information content (AvgIpc) is 3.21. The summed E-state index contributed by atoms with van der Waals surface area (Å²) in [6.07, 6.45) is 12.5. The van der Waals surface area contributed by atoms with Crippen LogP contribution in [0.1, 0.15) is 24.3 Å². The van der Waals surface area contributed by atoms with E-state index in [4.69, 9.17) is 0 Å².